The van der Waals surface area contributed by atoms with Crippen LogP contribution in [0.3, 0.4) is 0 Å². The normalized spacial score (nSPS) is 31.0. The van der Waals surface area contributed by atoms with E-state index < -0.39 is 11.6 Å². The van der Waals surface area contributed by atoms with E-state index in [1.54, 1.807) is 0 Å². The Labute approximate surface area is 158 Å². The van der Waals surface area contributed by atoms with Crippen molar-refractivity contribution < 1.29 is 18.4 Å². The van der Waals surface area contributed by atoms with Gasteiger partial charge in [-0.25, -0.2) is 8.78 Å². The largest absolute Gasteiger partial charge is 0.356 e. The van der Waals surface area contributed by atoms with Gasteiger partial charge in [-0.1, -0.05) is 0 Å². The molecule has 2 amide bonds. The summed E-state index contributed by atoms with van der Waals surface area (Å²) in [6.45, 7) is 0.464. The molecule has 5 rings (SSSR count). The highest BCUT2D eigenvalue weighted by molar-refractivity contribution is 5.90. The van der Waals surface area contributed by atoms with Gasteiger partial charge >= 0.3 is 0 Å². The number of carbonyl (C=O) groups excluding carboxylic acids is 2. The van der Waals surface area contributed by atoms with Crippen molar-refractivity contribution in [2.75, 3.05) is 11.9 Å². The summed E-state index contributed by atoms with van der Waals surface area (Å²) in [4.78, 5) is 24.7. The summed E-state index contributed by atoms with van der Waals surface area (Å²) in [5, 5.41) is 5.60. The Morgan fingerprint density at radius 2 is 1.63 bits per heavy atom. The molecule has 0 radical (unpaired) electrons. The molecule has 146 valence electrons. The van der Waals surface area contributed by atoms with Crippen molar-refractivity contribution in [1.82, 2.24) is 5.32 Å². The van der Waals surface area contributed by atoms with Crippen LogP contribution in [0.1, 0.15) is 51.4 Å². The first-order valence-electron chi connectivity index (χ1n) is 9.97. The van der Waals surface area contributed by atoms with Gasteiger partial charge in [0, 0.05) is 30.1 Å². The molecule has 0 aliphatic heterocycles. The lowest BCUT2D eigenvalue weighted by Gasteiger charge is -2.55. The third kappa shape index (κ3) is 3.85. The van der Waals surface area contributed by atoms with Gasteiger partial charge in [-0.05, 0) is 74.8 Å². The highest BCUT2D eigenvalue weighted by Crippen LogP contribution is 2.60. The number of hydrogen-bond acceptors (Lipinski definition) is 2. The molecule has 0 unspecified atom stereocenters. The maximum Gasteiger partial charge on any atom is 0.226 e. The summed E-state index contributed by atoms with van der Waals surface area (Å²) in [5.74, 6) is 0.139. The highest BCUT2D eigenvalue weighted by Gasteiger charge is 2.54. The van der Waals surface area contributed by atoms with Crippen LogP contribution in [0.5, 0.6) is 0 Å². The Kier molecular flexibility index (Phi) is 4.91. The Hall–Kier alpha value is -1.98. The van der Waals surface area contributed by atoms with Crippen molar-refractivity contribution in [3.8, 4) is 0 Å². The summed E-state index contributed by atoms with van der Waals surface area (Å²) in [6.07, 6.45) is 7.74. The molecule has 2 N–H and O–H groups in total. The van der Waals surface area contributed by atoms with E-state index in [0.29, 0.717) is 13.0 Å². The van der Waals surface area contributed by atoms with Crippen LogP contribution in [0.25, 0.3) is 0 Å². The average Bonchev–Trinajstić information content (AvgIpc) is 2.60. The lowest BCUT2D eigenvalue weighted by molar-refractivity contribution is -0.146. The van der Waals surface area contributed by atoms with Gasteiger partial charge in [0.2, 0.25) is 11.8 Å². The maximum absolute atomic E-state index is 13.2. The van der Waals surface area contributed by atoms with Gasteiger partial charge in [0.05, 0.1) is 0 Å². The van der Waals surface area contributed by atoms with Gasteiger partial charge in [-0.15, -0.1) is 0 Å². The van der Waals surface area contributed by atoms with E-state index in [9.17, 15) is 18.4 Å². The Bertz CT molecular complexity index is 714. The van der Waals surface area contributed by atoms with Crippen molar-refractivity contribution in [2.45, 2.75) is 51.4 Å². The molecule has 0 aromatic heterocycles. The number of hydrogen-bond donors (Lipinski definition) is 2. The third-order valence-electron chi connectivity index (χ3n) is 6.59. The second-order valence-electron chi connectivity index (χ2n) is 8.73. The second kappa shape index (κ2) is 7.21. The first-order chi connectivity index (χ1) is 12.9. The molecule has 0 heterocycles. The van der Waals surface area contributed by atoms with Gasteiger partial charge in [0.1, 0.15) is 0 Å². The number of nitrogens with one attached hydrogen (secondary N) is 2. The molecule has 4 saturated carbocycles. The number of rotatable bonds is 6. The molecule has 1 aromatic rings. The predicted molar refractivity (Wildman–Crippen MR) is 97.8 cm³/mol. The fraction of sp³-hybridized carbons (Fsp3) is 0.619. The molecule has 4 nitrogen and oxygen atoms in total. The first-order valence-corrected chi connectivity index (χ1v) is 9.97. The molecule has 4 fully saturated rings. The summed E-state index contributed by atoms with van der Waals surface area (Å²) in [6, 6.07) is 3.27. The van der Waals surface area contributed by atoms with E-state index in [2.05, 4.69) is 10.6 Å². The molecule has 4 bridgehead atoms. The number of halogens is 2. The van der Waals surface area contributed by atoms with Crippen molar-refractivity contribution >= 4 is 17.5 Å². The Balaban J connectivity index is 1.21. The van der Waals surface area contributed by atoms with Crippen molar-refractivity contribution in [3.05, 3.63) is 29.8 Å². The van der Waals surface area contributed by atoms with Crippen LogP contribution >= 0.6 is 0 Å². The lowest BCUT2D eigenvalue weighted by atomic mass is 9.49. The van der Waals surface area contributed by atoms with Gasteiger partial charge in [-0.2, -0.15) is 0 Å². The van der Waals surface area contributed by atoms with E-state index in [1.165, 1.54) is 25.3 Å². The summed E-state index contributed by atoms with van der Waals surface area (Å²) in [5.41, 5.74) is 0.0688. The zero-order valence-corrected chi connectivity index (χ0v) is 15.4. The van der Waals surface area contributed by atoms with Crippen LogP contribution in [-0.4, -0.2) is 18.4 Å². The van der Waals surface area contributed by atoms with Crippen molar-refractivity contribution in [2.24, 2.45) is 23.2 Å². The number of anilines is 1. The summed E-state index contributed by atoms with van der Waals surface area (Å²) < 4.78 is 26.1. The molecular formula is C21H26F2N2O2. The molecule has 4 aliphatic rings. The second-order valence-corrected chi connectivity index (χ2v) is 8.73. The van der Waals surface area contributed by atoms with Crippen LogP contribution in [0.2, 0.25) is 0 Å². The molecule has 0 saturated heterocycles. The zero-order valence-electron chi connectivity index (χ0n) is 15.4. The Morgan fingerprint density at radius 1 is 1.00 bits per heavy atom. The molecule has 0 atom stereocenters. The minimum Gasteiger partial charge on any atom is -0.356 e. The molecular weight excluding hydrogens is 350 g/mol. The lowest BCUT2D eigenvalue weighted by Crippen LogP contribution is -2.53. The van der Waals surface area contributed by atoms with Gasteiger partial charge in [-0.3, -0.25) is 9.59 Å². The van der Waals surface area contributed by atoms with E-state index in [-0.39, 0.29) is 29.3 Å². The molecule has 4 aliphatic carbocycles. The number of carbonyl (C=O) groups is 2. The van der Waals surface area contributed by atoms with Gasteiger partial charge in [0.15, 0.2) is 11.6 Å². The smallest absolute Gasteiger partial charge is 0.226 e. The summed E-state index contributed by atoms with van der Waals surface area (Å²) >= 11 is 0. The average molecular weight is 376 g/mol. The quantitative estimate of drug-likeness (QED) is 0.737. The SMILES string of the molecule is O=C(CCCNC(=O)C12CC3CC(CC(C3)C1)C2)Nc1ccc(F)c(F)c1. The fourth-order valence-electron chi connectivity index (χ4n) is 5.82. The maximum atomic E-state index is 13.2. The number of benzene rings is 1. The van der Waals surface area contributed by atoms with Crippen LogP contribution < -0.4 is 10.6 Å². The third-order valence-corrected chi connectivity index (χ3v) is 6.59. The minimum absolute atomic E-state index is 0.164. The van der Waals surface area contributed by atoms with Crippen LogP contribution in [-0.2, 0) is 9.59 Å². The van der Waals surface area contributed by atoms with E-state index >= 15 is 0 Å². The standard InChI is InChI=1S/C21H26F2N2O2/c22-17-4-3-16(9-18(17)23)25-19(26)2-1-5-24-20(27)21-10-13-6-14(11-21)8-15(7-13)12-21/h3-4,9,13-15H,1-2,5-8,10-12H2,(H,24,27)(H,25,26). The van der Waals surface area contributed by atoms with E-state index in [4.69, 9.17) is 0 Å². The molecule has 6 heteroatoms. The van der Waals surface area contributed by atoms with Crippen molar-refractivity contribution in [1.29, 1.82) is 0 Å². The molecule has 27 heavy (non-hydrogen) atoms. The van der Waals surface area contributed by atoms with E-state index in [1.807, 2.05) is 0 Å². The van der Waals surface area contributed by atoms with Gasteiger partial charge in [0.25, 0.3) is 0 Å². The van der Waals surface area contributed by atoms with Crippen molar-refractivity contribution in [3.63, 3.8) is 0 Å². The topological polar surface area (TPSA) is 58.2 Å². The minimum atomic E-state index is -0.990. The monoisotopic (exact) mass is 376 g/mol. The highest BCUT2D eigenvalue weighted by atomic mass is 19.2. The van der Waals surface area contributed by atoms with E-state index in [0.717, 1.165) is 49.1 Å². The zero-order chi connectivity index (χ0) is 19.0. The van der Waals surface area contributed by atoms with Crippen LogP contribution in [0.15, 0.2) is 18.2 Å². The molecule has 0 spiro atoms. The Morgan fingerprint density at radius 3 is 2.22 bits per heavy atom. The fourth-order valence-corrected chi connectivity index (χ4v) is 5.82. The van der Waals surface area contributed by atoms with Gasteiger partial charge < -0.3 is 10.6 Å². The number of amides is 2. The van der Waals surface area contributed by atoms with Crippen LogP contribution in [0, 0.1) is 34.8 Å². The summed E-state index contributed by atoms with van der Waals surface area (Å²) in [7, 11) is 0. The van der Waals surface area contributed by atoms with Crippen LogP contribution in [0.4, 0.5) is 14.5 Å². The first kappa shape index (κ1) is 18.4. The molecule has 1 aromatic carbocycles. The predicted octanol–water partition coefficient (Wildman–Crippen LogP) is 4.02.